The Bertz CT molecular complexity index is 766. The Balaban J connectivity index is 1.90. The van der Waals surface area contributed by atoms with Crippen LogP contribution in [0.5, 0.6) is 0 Å². The molecule has 0 bridgehead atoms. The summed E-state index contributed by atoms with van der Waals surface area (Å²) in [6.45, 7) is 8.65. The van der Waals surface area contributed by atoms with E-state index in [2.05, 4.69) is 92.4 Å². The lowest BCUT2D eigenvalue weighted by molar-refractivity contribution is 0.829. The molecule has 0 aromatic heterocycles. The highest BCUT2D eigenvalue weighted by Gasteiger charge is 2.09. The molecule has 0 spiro atoms. The molecule has 0 radical (unpaired) electrons. The summed E-state index contributed by atoms with van der Waals surface area (Å²) in [6.07, 6.45) is 0. The highest BCUT2D eigenvalue weighted by atomic mass is 15.1. The number of benzene rings is 3. The molecule has 118 valence electrons. The van der Waals surface area contributed by atoms with Gasteiger partial charge in [-0.2, -0.15) is 0 Å². The molecule has 0 heterocycles. The van der Waals surface area contributed by atoms with Gasteiger partial charge in [-0.25, -0.2) is 0 Å². The summed E-state index contributed by atoms with van der Waals surface area (Å²) >= 11 is 0. The molecular weight excluding hydrogens is 278 g/mol. The predicted octanol–water partition coefficient (Wildman–Crippen LogP) is 5.99. The zero-order valence-electron chi connectivity index (χ0n) is 14.3. The van der Waals surface area contributed by atoms with E-state index in [0.717, 1.165) is 13.1 Å². The summed E-state index contributed by atoms with van der Waals surface area (Å²) in [7, 11) is 0. The SMILES string of the molecule is CCN(Cc1ccc(C(C)C)cc1)c1cccc2ccccc12. The molecule has 0 atom stereocenters. The maximum atomic E-state index is 2.45. The first kappa shape index (κ1) is 15.6. The van der Waals surface area contributed by atoms with Gasteiger partial charge in [0, 0.05) is 24.2 Å². The Hall–Kier alpha value is -2.28. The number of rotatable bonds is 5. The Kier molecular flexibility index (Phi) is 4.66. The third-order valence-electron chi connectivity index (χ3n) is 4.51. The van der Waals surface area contributed by atoms with Crippen LogP contribution in [-0.4, -0.2) is 6.54 Å². The number of anilines is 1. The number of fused-ring (bicyclic) bond motifs is 1. The van der Waals surface area contributed by atoms with E-state index in [4.69, 9.17) is 0 Å². The van der Waals surface area contributed by atoms with Crippen molar-refractivity contribution < 1.29 is 0 Å². The molecule has 0 N–H and O–H groups in total. The largest absolute Gasteiger partial charge is 0.367 e. The van der Waals surface area contributed by atoms with Crippen molar-refractivity contribution in [3.8, 4) is 0 Å². The van der Waals surface area contributed by atoms with Gasteiger partial charge >= 0.3 is 0 Å². The second-order valence-electron chi connectivity index (χ2n) is 6.41. The van der Waals surface area contributed by atoms with Gasteiger partial charge in [0.15, 0.2) is 0 Å². The van der Waals surface area contributed by atoms with Gasteiger partial charge < -0.3 is 4.90 Å². The summed E-state index contributed by atoms with van der Waals surface area (Å²) < 4.78 is 0. The van der Waals surface area contributed by atoms with Crippen molar-refractivity contribution in [1.29, 1.82) is 0 Å². The minimum Gasteiger partial charge on any atom is -0.367 e. The van der Waals surface area contributed by atoms with Crippen LogP contribution in [0.2, 0.25) is 0 Å². The van der Waals surface area contributed by atoms with E-state index < -0.39 is 0 Å². The number of hydrogen-bond donors (Lipinski definition) is 0. The number of hydrogen-bond acceptors (Lipinski definition) is 1. The van der Waals surface area contributed by atoms with Crippen molar-refractivity contribution >= 4 is 16.5 Å². The number of nitrogens with zero attached hydrogens (tertiary/aromatic N) is 1. The van der Waals surface area contributed by atoms with E-state index >= 15 is 0 Å². The normalized spacial score (nSPS) is 11.1. The van der Waals surface area contributed by atoms with Crippen molar-refractivity contribution in [3.05, 3.63) is 77.9 Å². The summed E-state index contributed by atoms with van der Waals surface area (Å²) in [5, 5.41) is 2.63. The smallest absolute Gasteiger partial charge is 0.0448 e. The van der Waals surface area contributed by atoms with E-state index in [-0.39, 0.29) is 0 Å². The van der Waals surface area contributed by atoms with E-state index in [1.54, 1.807) is 0 Å². The predicted molar refractivity (Wildman–Crippen MR) is 101 cm³/mol. The Morgan fingerprint density at radius 1 is 0.826 bits per heavy atom. The first-order valence-electron chi connectivity index (χ1n) is 8.50. The highest BCUT2D eigenvalue weighted by Crippen LogP contribution is 2.28. The summed E-state index contributed by atoms with van der Waals surface area (Å²) in [5.74, 6) is 0.587. The molecule has 0 saturated heterocycles. The standard InChI is InChI=1S/C22H25N/c1-4-23(16-18-12-14-19(15-13-18)17(2)3)22-11-7-9-20-8-5-6-10-21(20)22/h5-15,17H,4,16H2,1-3H3. The van der Waals surface area contributed by atoms with Crippen LogP contribution in [0, 0.1) is 0 Å². The van der Waals surface area contributed by atoms with Gasteiger partial charge in [-0.3, -0.25) is 0 Å². The topological polar surface area (TPSA) is 3.24 Å². The molecule has 0 aliphatic carbocycles. The van der Waals surface area contributed by atoms with Crippen LogP contribution in [0.3, 0.4) is 0 Å². The van der Waals surface area contributed by atoms with Gasteiger partial charge in [-0.15, -0.1) is 0 Å². The average molecular weight is 303 g/mol. The van der Waals surface area contributed by atoms with Gasteiger partial charge in [0.1, 0.15) is 0 Å². The Labute approximate surface area is 139 Å². The van der Waals surface area contributed by atoms with Crippen molar-refractivity contribution in [1.82, 2.24) is 0 Å². The average Bonchev–Trinajstić information content (AvgIpc) is 2.59. The fraction of sp³-hybridized carbons (Fsp3) is 0.273. The van der Waals surface area contributed by atoms with E-state index in [1.807, 2.05) is 0 Å². The molecule has 3 rings (SSSR count). The van der Waals surface area contributed by atoms with Crippen LogP contribution in [0.25, 0.3) is 10.8 Å². The summed E-state index contributed by atoms with van der Waals surface area (Å²) in [5.41, 5.74) is 4.09. The van der Waals surface area contributed by atoms with Gasteiger partial charge in [0.25, 0.3) is 0 Å². The minimum atomic E-state index is 0.587. The van der Waals surface area contributed by atoms with Gasteiger partial charge in [0.2, 0.25) is 0 Å². The minimum absolute atomic E-state index is 0.587. The van der Waals surface area contributed by atoms with Crippen LogP contribution in [0.1, 0.15) is 37.8 Å². The molecule has 3 aromatic rings. The van der Waals surface area contributed by atoms with Crippen LogP contribution in [0.4, 0.5) is 5.69 Å². The molecule has 0 amide bonds. The zero-order chi connectivity index (χ0) is 16.2. The fourth-order valence-corrected chi connectivity index (χ4v) is 3.08. The fourth-order valence-electron chi connectivity index (χ4n) is 3.08. The van der Waals surface area contributed by atoms with Crippen molar-refractivity contribution in [2.24, 2.45) is 0 Å². The lowest BCUT2D eigenvalue weighted by atomic mass is 10.0. The molecule has 0 saturated carbocycles. The monoisotopic (exact) mass is 303 g/mol. The maximum absolute atomic E-state index is 2.45. The van der Waals surface area contributed by atoms with Crippen LogP contribution >= 0.6 is 0 Å². The second kappa shape index (κ2) is 6.87. The molecule has 23 heavy (non-hydrogen) atoms. The molecule has 1 heteroatoms. The first-order chi connectivity index (χ1) is 11.2. The molecule has 0 unspecified atom stereocenters. The van der Waals surface area contributed by atoms with Crippen molar-refractivity contribution in [2.45, 2.75) is 33.2 Å². The maximum Gasteiger partial charge on any atom is 0.0448 e. The van der Waals surface area contributed by atoms with E-state index in [0.29, 0.717) is 5.92 Å². The van der Waals surface area contributed by atoms with Gasteiger partial charge in [-0.05, 0) is 35.4 Å². The van der Waals surface area contributed by atoms with E-state index in [9.17, 15) is 0 Å². The highest BCUT2D eigenvalue weighted by molar-refractivity contribution is 5.94. The van der Waals surface area contributed by atoms with Crippen molar-refractivity contribution in [2.75, 3.05) is 11.4 Å². The molecule has 3 aromatic carbocycles. The van der Waals surface area contributed by atoms with Crippen LogP contribution < -0.4 is 4.90 Å². The first-order valence-corrected chi connectivity index (χ1v) is 8.50. The quantitative estimate of drug-likeness (QED) is 0.559. The summed E-state index contributed by atoms with van der Waals surface area (Å²) in [6, 6.07) is 24.3. The molecule has 0 fully saturated rings. The molecular formula is C22H25N. The Morgan fingerprint density at radius 3 is 2.22 bits per heavy atom. The Morgan fingerprint density at radius 2 is 1.52 bits per heavy atom. The molecule has 1 nitrogen and oxygen atoms in total. The molecule has 0 aliphatic rings. The third-order valence-corrected chi connectivity index (χ3v) is 4.51. The van der Waals surface area contributed by atoms with Crippen molar-refractivity contribution in [3.63, 3.8) is 0 Å². The molecule has 0 aliphatic heterocycles. The lowest BCUT2D eigenvalue weighted by Gasteiger charge is -2.25. The van der Waals surface area contributed by atoms with Crippen LogP contribution in [-0.2, 0) is 6.54 Å². The van der Waals surface area contributed by atoms with Crippen LogP contribution in [0.15, 0.2) is 66.7 Å². The van der Waals surface area contributed by atoms with Gasteiger partial charge in [0.05, 0.1) is 0 Å². The van der Waals surface area contributed by atoms with Gasteiger partial charge in [-0.1, -0.05) is 74.5 Å². The lowest BCUT2D eigenvalue weighted by Crippen LogP contribution is -2.22. The zero-order valence-corrected chi connectivity index (χ0v) is 14.3. The summed E-state index contributed by atoms with van der Waals surface area (Å²) in [4.78, 5) is 2.45. The third kappa shape index (κ3) is 3.39. The second-order valence-corrected chi connectivity index (χ2v) is 6.41. The van der Waals surface area contributed by atoms with E-state index in [1.165, 1.54) is 27.6 Å².